The molecule has 2 fully saturated rings. The number of sulfonamides is 1. The van der Waals surface area contributed by atoms with Gasteiger partial charge in [-0.1, -0.05) is 0 Å². The van der Waals surface area contributed by atoms with Crippen molar-refractivity contribution in [3.05, 3.63) is 53.7 Å². The second kappa shape index (κ2) is 8.97. The molecule has 0 radical (unpaired) electrons. The van der Waals surface area contributed by atoms with Crippen molar-refractivity contribution in [2.45, 2.75) is 42.2 Å². The number of aromatic nitrogens is 1. The van der Waals surface area contributed by atoms with Crippen molar-refractivity contribution in [2.75, 3.05) is 19.6 Å². The highest BCUT2D eigenvalue weighted by Crippen LogP contribution is 2.33. The largest absolute Gasteiger partial charge is 0.464 e. The summed E-state index contributed by atoms with van der Waals surface area (Å²) in [5.74, 6) is -0.617. The maximum Gasteiger partial charge on any atom is 0.417 e. The molecular formula is C21H19F6N3O4S. The van der Waals surface area contributed by atoms with E-state index in [2.05, 4.69) is 4.98 Å². The van der Waals surface area contributed by atoms with Gasteiger partial charge in [0.05, 0.1) is 16.0 Å². The van der Waals surface area contributed by atoms with Crippen LogP contribution in [0.2, 0.25) is 0 Å². The molecule has 7 nitrogen and oxygen atoms in total. The highest BCUT2D eigenvalue weighted by Gasteiger charge is 2.45. The maximum absolute atomic E-state index is 13.1. The van der Waals surface area contributed by atoms with Crippen LogP contribution in [0.5, 0.6) is 5.88 Å². The Bertz CT molecular complexity index is 1180. The number of hydrogen-bond acceptors (Lipinski definition) is 5. The van der Waals surface area contributed by atoms with Crippen LogP contribution in [0.1, 0.15) is 24.0 Å². The van der Waals surface area contributed by atoms with Crippen molar-refractivity contribution in [1.29, 1.82) is 0 Å². The lowest BCUT2D eigenvalue weighted by Crippen LogP contribution is -2.40. The van der Waals surface area contributed by atoms with Gasteiger partial charge in [-0.15, -0.1) is 0 Å². The Hall–Kier alpha value is -2.87. The Kier molecular flexibility index (Phi) is 6.47. The van der Waals surface area contributed by atoms with Crippen LogP contribution >= 0.6 is 0 Å². The van der Waals surface area contributed by atoms with E-state index in [1.807, 2.05) is 0 Å². The molecule has 2 saturated heterocycles. The normalized spacial score (nSPS) is 22.1. The molecule has 1 aromatic heterocycles. The molecule has 35 heavy (non-hydrogen) atoms. The second-order valence-corrected chi connectivity index (χ2v) is 10.1. The number of carbonyl (C=O) groups excluding carboxylic acids is 1. The fourth-order valence-electron chi connectivity index (χ4n) is 4.09. The Morgan fingerprint density at radius 3 is 2.11 bits per heavy atom. The SMILES string of the molecule is O=C1[C@@H](Oc2ccc(C(F)(F)F)cn2)C[C@H]2CN(S(=O)(=O)c3ccc(C(F)(F)F)cc3)CCCN12. The lowest BCUT2D eigenvalue weighted by Gasteiger charge is -2.25. The summed E-state index contributed by atoms with van der Waals surface area (Å²) < 4.78 is 109. The number of carbonyl (C=O) groups is 1. The predicted octanol–water partition coefficient (Wildman–Crippen LogP) is 3.56. The lowest BCUT2D eigenvalue weighted by atomic mass is 10.2. The Morgan fingerprint density at radius 2 is 1.54 bits per heavy atom. The fraction of sp³-hybridized carbons (Fsp3) is 0.429. The molecule has 2 aromatic rings. The van der Waals surface area contributed by atoms with Gasteiger partial charge < -0.3 is 9.64 Å². The van der Waals surface area contributed by atoms with Crippen LogP contribution in [0, 0.1) is 0 Å². The standard InChI is InChI=1S/C21H19F6N3O4S/c22-20(23,24)13-2-5-16(6-3-13)35(32,33)29-8-1-9-30-15(12-29)10-17(19(30)31)34-18-7-4-14(11-28-18)21(25,26)27/h2-7,11,15,17H,1,8-10,12H2/t15-,17-/m0/s1. The average Bonchev–Trinajstić information content (AvgIpc) is 2.94. The van der Waals surface area contributed by atoms with E-state index in [0.29, 0.717) is 18.3 Å². The average molecular weight is 523 g/mol. The molecule has 1 amide bonds. The summed E-state index contributed by atoms with van der Waals surface area (Å²) in [5, 5.41) is 0. The molecular weight excluding hydrogens is 504 g/mol. The van der Waals surface area contributed by atoms with Gasteiger partial charge in [0, 0.05) is 44.4 Å². The molecule has 2 aliphatic rings. The molecule has 0 saturated carbocycles. The molecule has 0 aliphatic carbocycles. The van der Waals surface area contributed by atoms with Crippen LogP contribution in [-0.4, -0.2) is 60.3 Å². The molecule has 3 heterocycles. The van der Waals surface area contributed by atoms with Gasteiger partial charge in [-0.05, 0) is 36.8 Å². The lowest BCUT2D eigenvalue weighted by molar-refractivity contribution is -0.138. The molecule has 190 valence electrons. The number of hydrogen-bond donors (Lipinski definition) is 0. The minimum atomic E-state index is -4.60. The first-order valence-corrected chi connectivity index (χ1v) is 11.9. The molecule has 0 spiro atoms. The third kappa shape index (κ3) is 5.22. The van der Waals surface area contributed by atoms with E-state index in [4.69, 9.17) is 4.74 Å². The van der Waals surface area contributed by atoms with Crippen LogP contribution in [0.3, 0.4) is 0 Å². The molecule has 4 rings (SSSR count). The van der Waals surface area contributed by atoms with Crippen molar-refractivity contribution in [3.8, 4) is 5.88 Å². The number of ether oxygens (including phenoxy) is 1. The van der Waals surface area contributed by atoms with Crippen molar-refractivity contribution < 1.29 is 44.3 Å². The van der Waals surface area contributed by atoms with E-state index in [9.17, 15) is 39.6 Å². The van der Waals surface area contributed by atoms with Crippen LogP contribution in [0.4, 0.5) is 26.3 Å². The molecule has 0 bridgehead atoms. The van der Waals surface area contributed by atoms with E-state index >= 15 is 0 Å². The summed E-state index contributed by atoms with van der Waals surface area (Å²) in [6.45, 7) is 0.188. The number of fused-ring (bicyclic) bond motifs is 1. The van der Waals surface area contributed by atoms with Gasteiger partial charge in [0.2, 0.25) is 15.9 Å². The number of halogens is 6. The first-order valence-electron chi connectivity index (χ1n) is 10.4. The summed E-state index contributed by atoms with van der Waals surface area (Å²) in [7, 11) is -4.13. The minimum Gasteiger partial charge on any atom is -0.464 e. The number of nitrogens with zero attached hydrogens (tertiary/aromatic N) is 3. The zero-order chi connectivity index (χ0) is 25.6. The van der Waals surface area contributed by atoms with Crippen molar-refractivity contribution in [2.24, 2.45) is 0 Å². The monoisotopic (exact) mass is 523 g/mol. The van der Waals surface area contributed by atoms with Gasteiger partial charge in [0.1, 0.15) is 0 Å². The number of pyridine rings is 1. The number of benzene rings is 1. The summed E-state index contributed by atoms with van der Waals surface area (Å²) >= 11 is 0. The molecule has 0 N–H and O–H groups in total. The summed E-state index contributed by atoms with van der Waals surface area (Å²) in [5.41, 5.74) is -1.95. The second-order valence-electron chi connectivity index (χ2n) is 8.15. The number of amides is 1. The Morgan fingerprint density at radius 1 is 0.914 bits per heavy atom. The summed E-state index contributed by atoms with van der Waals surface area (Å²) in [6, 6.07) is 4.37. The number of alkyl halides is 6. The highest BCUT2D eigenvalue weighted by atomic mass is 32.2. The fourth-order valence-corrected chi connectivity index (χ4v) is 5.61. The number of rotatable bonds is 4. The van der Waals surface area contributed by atoms with Crippen molar-refractivity contribution in [1.82, 2.24) is 14.2 Å². The predicted molar refractivity (Wildman–Crippen MR) is 109 cm³/mol. The molecule has 2 atom stereocenters. The molecule has 0 unspecified atom stereocenters. The van der Waals surface area contributed by atoms with Crippen molar-refractivity contribution >= 4 is 15.9 Å². The van der Waals surface area contributed by atoms with Crippen LogP contribution in [-0.2, 0) is 27.2 Å². The Balaban J connectivity index is 1.47. The molecule has 14 heteroatoms. The third-order valence-corrected chi connectivity index (χ3v) is 7.73. The van der Waals surface area contributed by atoms with Gasteiger partial charge in [0.15, 0.2) is 6.10 Å². The van der Waals surface area contributed by atoms with E-state index in [1.165, 1.54) is 4.90 Å². The van der Waals surface area contributed by atoms with Crippen LogP contribution < -0.4 is 4.74 Å². The smallest absolute Gasteiger partial charge is 0.417 e. The maximum atomic E-state index is 13.1. The summed E-state index contributed by atoms with van der Waals surface area (Å²) in [4.78, 5) is 17.6. The third-order valence-electron chi connectivity index (χ3n) is 5.85. The van der Waals surface area contributed by atoms with Gasteiger partial charge in [0.25, 0.3) is 5.91 Å². The Labute approximate surface area is 196 Å². The van der Waals surface area contributed by atoms with Gasteiger partial charge in [-0.25, -0.2) is 13.4 Å². The zero-order valence-corrected chi connectivity index (χ0v) is 18.7. The van der Waals surface area contributed by atoms with E-state index in [0.717, 1.165) is 28.6 Å². The quantitative estimate of drug-likeness (QED) is 0.573. The minimum absolute atomic E-state index is 0.0651. The van der Waals surface area contributed by atoms with E-state index in [-0.39, 0.29) is 43.3 Å². The van der Waals surface area contributed by atoms with Crippen molar-refractivity contribution in [3.63, 3.8) is 0 Å². The summed E-state index contributed by atoms with van der Waals surface area (Å²) in [6.07, 6.45) is -9.29. The van der Waals surface area contributed by atoms with E-state index in [1.54, 1.807) is 0 Å². The first-order chi connectivity index (χ1) is 16.3. The zero-order valence-electron chi connectivity index (χ0n) is 17.9. The first kappa shape index (κ1) is 25.2. The van der Waals surface area contributed by atoms with Crippen LogP contribution in [0.25, 0.3) is 0 Å². The molecule has 1 aromatic carbocycles. The topological polar surface area (TPSA) is 79.8 Å². The highest BCUT2D eigenvalue weighted by molar-refractivity contribution is 7.89. The molecule has 2 aliphatic heterocycles. The van der Waals surface area contributed by atoms with E-state index < -0.39 is 51.6 Å². The van der Waals surface area contributed by atoms with Crippen LogP contribution in [0.15, 0.2) is 47.5 Å². The van der Waals surface area contributed by atoms with Gasteiger partial charge in [-0.2, -0.15) is 30.6 Å². The van der Waals surface area contributed by atoms with Gasteiger partial charge in [-0.3, -0.25) is 4.79 Å². The van der Waals surface area contributed by atoms with Gasteiger partial charge >= 0.3 is 12.4 Å².